The monoisotopic (exact) mass is 326 g/mol. The summed E-state index contributed by atoms with van der Waals surface area (Å²) in [6, 6.07) is 7.89. The molecule has 1 atom stereocenters. The number of methoxy groups -OCH3 is 1. The van der Waals surface area contributed by atoms with Gasteiger partial charge in [0.1, 0.15) is 6.79 Å². The van der Waals surface area contributed by atoms with Crippen LogP contribution in [0.5, 0.6) is 0 Å². The molecule has 122 valence electrons. The largest absolute Gasteiger partial charge is 0.481 e. The van der Waals surface area contributed by atoms with Gasteiger partial charge < -0.3 is 18.8 Å². The highest BCUT2D eigenvalue weighted by atomic mass is 35.5. The predicted octanol–water partition coefficient (Wildman–Crippen LogP) is 3.72. The molecule has 0 amide bonds. The molecule has 22 heavy (non-hydrogen) atoms. The quantitative estimate of drug-likeness (QED) is 0.345. The summed E-state index contributed by atoms with van der Waals surface area (Å²) in [6.45, 7) is 8.76. The molecule has 0 N–H and O–H groups in total. The minimum atomic E-state index is -0.491. The fourth-order valence-electron chi connectivity index (χ4n) is 2.32. The van der Waals surface area contributed by atoms with Crippen molar-refractivity contribution in [3.63, 3.8) is 0 Å². The highest BCUT2D eigenvalue weighted by molar-refractivity contribution is 6.59. The van der Waals surface area contributed by atoms with E-state index < -0.39 is 23.6 Å². The molecule has 0 aromatic heterocycles. The van der Waals surface area contributed by atoms with Crippen molar-refractivity contribution in [3.05, 3.63) is 35.4 Å². The van der Waals surface area contributed by atoms with E-state index in [9.17, 15) is 0 Å². The SMILES string of the molecule is COCOCc1ccccc1C(Cl)B1OC(C)(C)C(C)(C)O1. The fraction of sp³-hybridized carbons (Fsp3) is 0.625. The van der Waals surface area contributed by atoms with E-state index in [2.05, 4.69) is 0 Å². The molecular formula is C16H24BClO4. The van der Waals surface area contributed by atoms with Gasteiger partial charge in [0.25, 0.3) is 0 Å². The number of hydrogen-bond acceptors (Lipinski definition) is 4. The zero-order chi connectivity index (χ0) is 16.4. The number of rotatable bonds is 6. The molecule has 2 rings (SSSR count). The average molecular weight is 327 g/mol. The van der Waals surface area contributed by atoms with Crippen molar-refractivity contribution in [3.8, 4) is 0 Å². The highest BCUT2D eigenvalue weighted by Crippen LogP contribution is 2.42. The van der Waals surface area contributed by atoms with Crippen molar-refractivity contribution in [1.29, 1.82) is 0 Å². The Labute approximate surface area is 138 Å². The second-order valence-corrected chi connectivity index (χ2v) is 6.95. The van der Waals surface area contributed by atoms with Crippen LogP contribution in [0.2, 0.25) is 0 Å². The molecule has 1 aromatic carbocycles. The topological polar surface area (TPSA) is 36.9 Å². The minimum Gasteiger partial charge on any atom is -0.402 e. The van der Waals surface area contributed by atoms with E-state index in [-0.39, 0.29) is 6.79 Å². The second kappa shape index (κ2) is 6.89. The third kappa shape index (κ3) is 3.66. The van der Waals surface area contributed by atoms with Crippen LogP contribution in [0.3, 0.4) is 0 Å². The number of benzene rings is 1. The highest BCUT2D eigenvalue weighted by Gasteiger charge is 2.54. The van der Waals surface area contributed by atoms with Gasteiger partial charge in [-0.1, -0.05) is 24.3 Å². The first-order valence-corrected chi connectivity index (χ1v) is 7.86. The van der Waals surface area contributed by atoms with Crippen LogP contribution in [0.4, 0.5) is 0 Å². The average Bonchev–Trinajstić information content (AvgIpc) is 2.67. The first-order chi connectivity index (χ1) is 10.3. The summed E-state index contributed by atoms with van der Waals surface area (Å²) in [5.41, 5.74) is 1.17. The van der Waals surface area contributed by atoms with Gasteiger partial charge in [-0.2, -0.15) is 0 Å². The summed E-state index contributed by atoms with van der Waals surface area (Å²) >= 11 is 6.65. The van der Waals surface area contributed by atoms with Crippen molar-refractivity contribution in [1.82, 2.24) is 0 Å². The zero-order valence-electron chi connectivity index (χ0n) is 13.9. The Hall–Kier alpha value is -0.585. The molecule has 0 saturated carbocycles. The van der Waals surface area contributed by atoms with Crippen LogP contribution in [-0.2, 0) is 25.4 Å². The van der Waals surface area contributed by atoms with E-state index >= 15 is 0 Å². The molecule has 0 radical (unpaired) electrons. The fourth-order valence-corrected chi connectivity index (χ4v) is 2.64. The van der Waals surface area contributed by atoms with Gasteiger partial charge >= 0.3 is 7.12 Å². The minimum absolute atomic E-state index is 0.248. The van der Waals surface area contributed by atoms with Crippen LogP contribution in [0.1, 0.15) is 44.1 Å². The maximum Gasteiger partial charge on any atom is 0.481 e. The zero-order valence-corrected chi connectivity index (χ0v) is 14.6. The molecule has 1 unspecified atom stereocenters. The van der Waals surface area contributed by atoms with Gasteiger partial charge in [0.05, 0.1) is 23.1 Å². The summed E-state index contributed by atoms with van der Waals surface area (Å²) in [4.78, 5) is 0. The van der Waals surface area contributed by atoms with Crippen molar-refractivity contribution >= 4 is 18.7 Å². The normalized spacial score (nSPS) is 21.1. The van der Waals surface area contributed by atoms with Crippen LogP contribution in [0.25, 0.3) is 0 Å². The molecule has 0 spiro atoms. The maximum atomic E-state index is 6.65. The second-order valence-electron chi connectivity index (χ2n) is 6.48. The molecule has 1 fully saturated rings. The number of halogens is 1. The Kier molecular flexibility index (Phi) is 5.56. The molecule has 1 aromatic rings. The Morgan fingerprint density at radius 2 is 1.73 bits per heavy atom. The van der Waals surface area contributed by atoms with Gasteiger partial charge in [-0.05, 0) is 38.8 Å². The van der Waals surface area contributed by atoms with E-state index in [4.69, 9.17) is 30.4 Å². The summed E-state index contributed by atoms with van der Waals surface area (Å²) in [5.74, 6) is 0. The van der Waals surface area contributed by atoms with Crippen molar-refractivity contribution < 1.29 is 18.8 Å². The van der Waals surface area contributed by atoms with Crippen LogP contribution >= 0.6 is 11.6 Å². The molecule has 1 aliphatic rings. The van der Waals surface area contributed by atoms with Crippen LogP contribution in [-0.4, -0.2) is 32.2 Å². The van der Waals surface area contributed by atoms with Crippen molar-refractivity contribution in [2.75, 3.05) is 13.9 Å². The lowest BCUT2D eigenvalue weighted by atomic mass is 9.78. The Bertz CT molecular complexity index is 491. The van der Waals surface area contributed by atoms with Crippen LogP contribution < -0.4 is 0 Å². The van der Waals surface area contributed by atoms with Crippen LogP contribution in [0.15, 0.2) is 24.3 Å². The van der Waals surface area contributed by atoms with E-state index in [0.29, 0.717) is 6.61 Å². The Morgan fingerprint density at radius 1 is 1.14 bits per heavy atom. The van der Waals surface area contributed by atoms with Crippen LogP contribution in [0, 0.1) is 0 Å². The third-order valence-corrected chi connectivity index (χ3v) is 4.76. The molecule has 1 heterocycles. The molecule has 0 bridgehead atoms. The lowest BCUT2D eigenvalue weighted by Gasteiger charge is -2.32. The number of ether oxygens (including phenoxy) is 2. The van der Waals surface area contributed by atoms with Gasteiger partial charge in [-0.3, -0.25) is 0 Å². The molecule has 0 aliphatic carbocycles. The lowest BCUT2D eigenvalue weighted by Crippen LogP contribution is -2.41. The summed E-state index contributed by atoms with van der Waals surface area (Å²) in [7, 11) is 1.11. The van der Waals surface area contributed by atoms with E-state index in [0.717, 1.165) is 11.1 Å². The third-order valence-electron chi connectivity index (χ3n) is 4.32. The lowest BCUT2D eigenvalue weighted by molar-refractivity contribution is -0.0392. The van der Waals surface area contributed by atoms with Gasteiger partial charge in [0.15, 0.2) is 0 Å². The van der Waals surface area contributed by atoms with Gasteiger partial charge in [0.2, 0.25) is 0 Å². The summed E-state index contributed by atoms with van der Waals surface area (Å²) < 4.78 is 22.4. The molecule has 1 saturated heterocycles. The first kappa shape index (κ1) is 17.8. The summed E-state index contributed by atoms with van der Waals surface area (Å²) in [5, 5.41) is -0.400. The van der Waals surface area contributed by atoms with Gasteiger partial charge in [-0.25, -0.2) is 0 Å². The molecular weight excluding hydrogens is 302 g/mol. The summed E-state index contributed by atoms with van der Waals surface area (Å²) in [6.07, 6.45) is 0. The standard InChI is InChI=1S/C16H24BClO4/c1-15(2)16(3,4)22-17(21-15)14(18)13-9-7-6-8-12(13)10-20-11-19-5/h6-9,14H,10-11H2,1-5H3. The molecule has 6 heteroatoms. The number of alkyl halides is 1. The van der Waals surface area contributed by atoms with Gasteiger partial charge in [-0.15, -0.1) is 11.6 Å². The maximum absolute atomic E-state index is 6.65. The number of hydrogen-bond donors (Lipinski definition) is 0. The predicted molar refractivity (Wildman–Crippen MR) is 87.8 cm³/mol. The smallest absolute Gasteiger partial charge is 0.402 e. The molecule has 4 nitrogen and oxygen atoms in total. The van der Waals surface area contributed by atoms with Crippen molar-refractivity contribution in [2.24, 2.45) is 0 Å². The molecule has 1 aliphatic heterocycles. The van der Waals surface area contributed by atoms with Gasteiger partial charge in [0, 0.05) is 7.11 Å². The first-order valence-electron chi connectivity index (χ1n) is 7.43. The van der Waals surface area contributed by atoms with E-state index in [1.54, 1.807) is 7.11 Å². The Morgan fingerprint density at radius 3 is 2.32 bits per heavy atom. The Balaban J connectivity index is 2.15. The van der Waals surface area contributed by atoms with E-state index in [1.807, 2.05) is 52.0 Å². The van der Waals surface area contributed by atoms with E-state index in [1.165, 1.54) is 0 Å². The van der Waals surface area contributed by atoms with Crippen molar-refractivity contribution in [2.45, 2.75) is 50.8 Å².